The lowest BCUT2D eigenvalue weighted by Gasteiger charge is -2.15. The summed E-state index contributed by atoms with van der Waals surface area (Å²) in [6.07, 6.45) is -0.916. The third kappa shape index (κ3) is 1.75. The Balaban J connectivity index is 2.72. The van der Waals surface area contributed by atoms with E-state index in [2.05, 4.69) is 0 Å². The van der Waals surface area contributed by atoms with E-state index in [1.165, 1.54) is 0 Å². The molecule has 84 valence electrons. The summed E-state index contributed by atoms with van der Waals surface area (Å²) in [5, 5.41) is 20.8. The summed E-state index contributed by atoms with van der Waals surface area (Å²) in [6, 6.07) is 11.4. The van der Waals surface area contributed by atoms with Crippen LogP contribution in [0.1, 0.15) is 11.7 Å². The average molecular weight is 218 g/mol. The second-order valence-electron chi connectivity index (χ2n) is 3.60. The Morgan fingerprint density at radius 3 is 2.62 bits per heavy atom. The van der Waals surface area contributed by atoms with Crippen LogP contribution in [-0.4, -0.2) is 23.9 Å². The van der Waals surface area contributed by atoms with Gasteiger partial charge in [-0.3, -0.25) is 0 Å². The van der Waals surface area contributed by atoms with E-state index in [0.29, 0.717) is 11.3 Å². The van der Waals surface area contributed by atoms with Crippen LogP contribution in [0.2, 0.25) is 0 Å². The summed E-state index contributed by atoms with van der Waals surface area (Å²) in [5.41, 5.74) is 0.642. The number of aliphatic hydroxyl groups is 2. The molecule has 0 radical (unpaired) electrons. The fraction of sp³-hybridized carbons (Fsp3) is 0.231. The molecule has 1 unspecified atom stereocenters. The molecular weight excluding hydrogens is 204 g/mol. The molecule has 0 aromatic heterocycles. The van der Waals surface area contributed by atoms with Gasteiger partial charge in [-0.2, -0.15) is 0 Å². The van der Waals surface area contributed by atoms with Crippen molar-refractivity contribution in [3.8, 4) is 5.75 Å². The Kier molecular flexibility index (Phi) is 3.08. The topological polar surface area (TPSA) is 49.7 Å². The first-order chi connectivity index (χ1) is 7.77. The molecule has 0 aliphatic carbocycles. The van der Waals surface area contributed by atoms with Crippen molar-refractivity contribution in [1.29, 1.82) is 0 Å². The van der Waals surface area contributed by atoms with Crippen molar-refractivity contribution < 1.29 is 14.9 Å². The van der Waals surface area contributed by atoms with E-state index in [0.717, 1.165) is 10.8 Å². The first-order valence-electron chi connectivity index (χ1n) is 5.12. The van der Waals surface area contributed by atoms with E-state index in [1.807, 2.05) is 30.3 Å². The molecule has 0 aliphatic rings. The van der Waals surface area contributed by atoms with Gasteiger partial charge in [-0.15, -0.1) is 0 Å². The van der Waals surface area contributed by atoms with Gasteiger partial charge in [0.1, 0.15) is 11.9 Å². The molecule has 2 rings (SSSR count). The average Bonchev–Trinajstić information content (AvgIpc) is 2.36. The van der Waals surface area contributed by atoms with Crippen molar-refractivity contribution in [3.05, 3.63) is 42.0 Å². The zero-order chi connectivity index (χ0) is 11.5. The van der Waals surface area contributed by atoms with Gasteiger partial charge in [0, 0.05) is 5.56 Å². The summed E-state index contributed by atoms with van der Waals surface area (Å²) >= 11 is 0. The normalized spacial score (nSPS) is 12.7. The van der Waals surface area contributed by atoms with Crippen LogP contribution in [0.3, 0.4) is 0 Å². The highest BCUT2D eigenvalue weighted by Gasteiger charge is 2.15. The molecule has 0 saturated carbocycles. The quantitative estimate of drug-likeness (QED) is 0.827. The van der Waals surface area contributed by atoms with Gasteiger partial charge in [0.2, 0.25) is 0 Å². The SMILES string of the molecule is COc1ccc2ccccc2c1C(O)CO. The van der Waals surface area contributed by atoms with Crippen molar-refractivity contribution in [2.24, 2.45) is 0 Å². The number of ether oxygens (including phenoxy) is 1. The number of fused-ring (bicyclic) bond motifs is 1. The lowest BCUT2D eigenvalue weighted by atomic mass is 9.99. The summed E-state index contributed by atoms with van der Waals surface area (Å²) in [6.45, 7) is -0.315. The molecule has 3 heteroatoms. The number of hydrogen-bond acceptors (Lipinski definition) is 3. The van der Waals surface area contributed by atoms with Crippen LogP contribution in [-0.2, 0) is 0 Å². The zero-order valence-corrected chi connectivity index (χ0v) is 9.05. The number of methoxy groups -OCH3 is 1. The Bertz CT molecular complexity index is 494. The summed E-state index contributed by atoms with van der Waals surface area (Å²) in [4.78, 5) is 0. The largest absolute Gasteiger partial charge is 0.496 e. The maximum absolute atomic E-state index is 9.81. The van der Waals surface area contributed by atoms with Gasteiger partial charge in [-0.1, -0.05) is 30.3 Å². The number of benzene rings is 2. The lowest BCUT2D eigenvalue weighted by molar-refractivity contribution is 0.0945. The first kappa shape index (κ1) is 10.9. The van der Waals surface area contributed by atoms with Crippen LogP contribution in [0.4, 0.5) is 0 Å². The molecule has 0 aliphatic heterocycles. The van der Waals surface area contributed by atoms with E-state index in [1.54, 1.807) is 13.2 Å². The van der Waals surface area contributed by atoms with Crippen molar-refractivity contribution in [2.45, 2.75) is 6.10 Å². The maximum atomic E-state index is 9.81. The Morgan fingerprint density at radius 2 is 1.94 bits per heavy atom. The summed E-state index contributed by atoms with van der Waals surface area (Å²) in [7, 11) is 1.55. The second-order valence-corrected chi connectivity index (χ2v) is 3.60. The fourth-order valence-corrected chi connectivity index (χ4v) is 1.89. The van der Waals surface area contributed by atoms with Gasteiger partial charge >= 0.3 is 0 Å². The third-order valence-corrected chi connectivity index (χ3v) is 2.66. The minimum absolute atomic E-state index is 0.315. The highest BCUT2D eigenvalue weighted by atomic mass is 16.5. The Labute approximate surface area is 93.9 Å². The predicted molar refractivity (Wildman–Crippen MR) is 62.5 cm³/mol. The smallest absolute Gasteiger partial charge is 0.125 e. The molecule has 0 amide bonds. The molecule has 0 heterocycles. The van der Waals surface area contributed by atoms with Crippen LogP contribution in [0.15, 0.2) is 36.4 Å². The van der Waals surface area contributed by atoms with E-state index < -0.39 is 6.10 Å². The fourth-order valence-electron chi connectivity index (χ4n) is 1.89. The van der Waals surface area contributed by atoms with Crippen molar-refractivity contribution in [1.82, 2.24) is 0 Å². The van der Waals surface area contributed by atoms with Crippen molar-refractivity contribution >= 4 is 10.8 Å². The van der Waals surface area contributed by atoms with E-state index in [9.17, 15) is 5.11 Å². The van der Waals surface area contributed by atoms with Crippen LogP contribution in [0, 0.1) is 0 Å². The first-order valence-corrected chi connectivity index (χ1v) is 5.12. The highest BCUT2D eigenvalue weighted by molar-refractivity contribution is 5.88. The predicted octanol–water partition coefficient (Wildman–Crippen LogP) is 1.87. The molecule has 16 heavy (non-hydrogen) atoms. The molecule has 2 aromatic rings. The monoisotopic (exact) mass is 218 g/mol. The van der Waals surface area contributed by atoms with E-state index >= 15 is 0 Å². The van der Waals surface area contributed by atoms with Gasteiger partial charge in [0.05, 0.1) is 13.7 Å². The minimum Gasteiger partial charge on any atom is -0.496 e. The molecule has 0 spiro atoms. The van der Waals surface area contributed by atoms with Crippen molar-refractivity contribution in [3.63, 3.8) is 0 Å². The van der Waals surface area contributed by atoms with Gasteiger partial charge in [-0.25, -0.2) is 0 Å². The van der Waals surface area contributed by atoms with Crippen molar-refractivity contribution in [2.75, 3.05) is 13.7 Å². The lowest BCUT2D eigenvalue weighted by Crippen LogP contribution is -2.05. The maximum Gasteiger partial charge on any atom is 0.125 e. The van der Waals surface area contributed by atoms with E-state index in [4.69, 9.17) is 9.84 Å². The Hall–Kier alpha value is -1.58. The molecule has 0 fully saturated rings. The molecule has 2 aromatic carbocycles. The van der Waals surface area contributed by atoms with Crippen LogP contribution < -0.4 is 4.74 Å². The molecule has 1 atom stereocenters. The van der Waals surface area contributed by atoms with Gasteiger partial charge < -0.3 is 14.9 Å². The summed E-state index contributed by atoms with van der Waals surface area (Å²) in [5.74, 6) is 0.597. The van der Waals surface area contributed by atoms with Crippen LogP contribution in [0.25, 0.3) is 10.8 Å². The van der Waals surface area contributed by atoms with Crippen LogP contribution in [0.5, 0.6) is 5.75 Å². The zero-order valence-electron chi connectivity index (χ0n) is 9.05. The molecule has 0 saturated heterocycles. The van der Waals surface area contributed by atoms with Crippen LogP contribution >= 0.6 is 0 Å². The van der Waals surface area contributed by atoms with E-state index in [-0.39, 0.29) is 6.61 Å². The highest BCUT2D eigenvalue weighted by Crippen LogP contribution is 2.32. The Morgan fingerprint density at radius 1 is 1.19 bits per heavy atom. The van der Waals surface area contributed by atoms with Gasteiger partial charge in [0.15, 0.2) is 0 Å². The molecule has 0 bridgehead atoms. The third-order valence-electron chi connectivity index (χ3n) is 2.66. The summed E-state index contributed by atoms with van der Waals surface area (Å²) < 4.78 is 5.21. The second kappa shape index (κ2) is 4.51. The van der Waals surface area contributed by atoms with Gasteiger partial charge in [0.25, 0.3) is 0 Å². The van der Waals surface area contributed by atoms with Gasteiger partial charge in [-0.05, 0) is 16.8 Å². The molecule has 3 nitrogen and oxygen atoms in total. The molecular formula is C13H14O3. The minimum atomic E-state index is -0.916. The number of aliphatic hydroxyl groups excluding tert-OH is 2. The number of rotatable bonds is 3. The molecule has 2 N–H and O–H groups in total. The number of hydrogen-bond donors (Lipinski definition) is 2. The standard InChI is InChI=1S/C13H14O3/c1-16-12-7-6-9-4-2-3-5-10(9)13(12)11(15)8-14/h2-7,11,14-15H,8H2,1H3.